The van der Waals surface area contributed by atoms with Crippen molar-refractivity contribution in [1.29, 1.82) is 0 Å². The molecule has 0 bridgehead atoms. The summed E-state index contributed by atoms with van der Waals surface area (Å²) in [5.41, 5.74) is 1.18. The van der Waals surface area contributed by atoms with Crippen molar-refractivity contribution in [2.45, 2.75) is 32.2 Å². The van der Waals surface area contributed by atoms with E-state index >= 15 is 0 Å². The standard InChI is InChI=1S/C14H22BrNO2S/c1-11(9-19(4,17)18)16-10-14(2,3)12-6-5-7-13(15)8-12/h5-8,11,16H,9-10H2,1-4H3/t11-/m1/s1. The Morgan fingerprint density at radius 2 is 2.00 bits per heavy atom. The first-order valence-electron chi connectivity index (χ1n) is 6.27. The van der Waals surface area contributed by atoms with E-state index in [9.17, 15) is 8.42 Å². The van der Waals surface area contributed by atoms with Gasteiger partial charge in [-0.3, -0.25) is 0 Å². The second-order valence-electron chi connectivity index (χ2n) is 5.77. The molecule has 1 aromatic carbocycles. The van der Waals surface area contributed by atoms with Gasteiger partial charge >= 0.3 is 0 Å². The van der Waals surface area contributed by atoms with E-state index in [0.29, 0.717) is 0 Å². The predicted molar refractivity (Wildman–Crippen MR) is 84.3 cm³/mol. The lowest BCUT2D eigenvalue weighted by molar-refractivity contribution is 0.440. The minimum atomic E-state index is -2.93. The van der Waals surface area contributed by atoms with Crippen LogP contribution in [0.2, 0.25) is 0 Å². The number of nitrogens with one attached hydrogen (secondary N) is 1. The normalized spacial score (nSPS) is 14.4. The van der Waals surface area contributed by atoms with Crippen molar-refractivity contribution in [1.82, 2.24) is 5.32 Å². The van der Waals surface area contributed by atoms with Gasteiger partial charge in [0.1, 0.15) is 9.84 Å². The molecule has 0 saturated carbocycles. The molecular formula is C14H22BrNO2S. The summed E-state index contributed by atoms with van der Waals surface area (Å²) in [5.74, 6) is 0.168. The molecule has 1 N–H and O–H groups in total. The van der Waals surface area contributed by atoms with Gasteiger partial charge in [-0.25, -0.2) is 8.42 Å². The minimum absolute atomic E-state index is 0.0403. The van der Waals surface area contributed by atoms with Gasteiger partial charge in [0, 0.05) is 28.7 Å². The summed E-state index contributed by atoms with van der Waals surface area (Å²) in [6.07, 6.45) is 1.27. The fourth-order valence-electron chi connectivity index (χ4n) is 1.95. The predicted octanol–water partition coefficient (Wildman–Crippen LogP) is 2.75. The van der Waals surface area contributed by atoms with Crippen LogP contribution in [0.3, 0.4) is 0 Å². The first-order chi connectivity index (χ1) is 8.60. The van der Waals surface area contributed by atoms with Crippen LogP contribution in [0.1, 0.15) is 26.3 Å². The largest absolute Gasteiger partial charge is 0.312 e. The van der Waals surface area contributed by atoms with Crippen molar-refractivity contribution < 1.29 is 8.42 Å². The van der Waals surface area contributed by atoms with E-state index in [2.05, 4.69) is 47.2 Å². The Hall–Kier alpha value is -0.390. The Morgan fingerprint density at radius 1 is 1.37 bits per heavy atom. The molecule has 5 heteroatoms. The van der Waals surface area contributed by atoms with Crippen LogP contribution in [-0.4, -0.2) is 33.0 Å². The lowest BCUT2D eigenvalue weighted by Crippen LogP contribution is -2.40. The molecule has 1 aromatic rings. The molecule has 0 fully saturated rings. The third-order valence-electron chi connectivity index (χ3n) is 3.05. The van der Waals surface area contributed by atoms with Crippen LogP contribution in [0.25, 0.3) is 0 Å². The molecule has 0 aliphatic carbocycles. The number of sulfone groups is 1. The minimum Gasteiger partial charge on any atom is -0.312 e. The molecule has 0 amide bonds. The highest BCUT2D eigenvalue weighted by Crippen LogP contribution is 2.25. The van der Waals surface area contributed by atoms with Gasteiger partial charge in [0.05, 0.1) is 5.75 Å². The van der Waals surface area contributed by atoms with Crippen molar-refractivity contribution >= 4 is 25.8 Å². The summed E-state index contributed by atoms with van der Waals surface area (Å²) in [7, 11) is -2.93. The van der Waals surface area contributed by atoms with Crippen molar-refractivity contribution in [2.75, 3.05) is 18.6 Å². The molecule has 1 rings (SSSR count). The first-order valence-corrected chi connectivity index (χ1v) is 9.13. The van der Waals surface area contributed by atoms with Gasteiger partial charge in [0.2, 0.25) is 0 Å². The van der Waals surface area contributed by atoms with E-state index in [4.69, 9.17) is 0 Å². The quantitative estimate of drug-likeness (QED) is 0.860. The van der Waals surface area contributed by atoms with E-state index in [0.717, 1.165) is 11.0 Å². The molecule has 0 saturated heterocycles. The van der Waals surface area contributed by atoms with E-state index in [1.165, 1.54) is 11.8 Å². The molecule has 0 heterocycles. The van der Waals surface area contributed by atoms with Crippen molar-refractivity contribution in [3.8, 4) is 0 Å². The van der Waals surface area contributed by atoms with Crippen molar-refractivity contribution in [2.24, 2.45) is 0 Å². The molecule has 0 spiro atoms. The van der Waals surface area contributed by atoms with E-state index in [-0.39, 0.29) is 17.2 Å². The lowest BCUT2D eigenvalue weighted by Gasteiger charge is -2.28. The maximum absolute atomic E-state index is 11.2. The molecular weight excluding hydrogens is 326 g/mol. The molecule has 0 aliphatic rings. The number of halogens is 1. The van der Waals surface area contributed by atoms with Crippen molar-refractivity contribution in [3.05, 3.63) is 34.3 Å². The smallest absolute Gasteiger partial charge is 0.148 e. The highest BCUT2D eigenvalue weighted by molar-refractivity contribution is 9.10. The zero-order valence-electron chi connectivity index (χ0n) is 11.9. The Balaban J connectivity index is 2.65. The molecule has 0 aromatic heterocycles. The SMILES string of the molecule is C[C@H](CS(C)(=O)=O)NCC(C)(C)c1cccc(Br)c1. The highest BCUT2D eigenvalue weighted by Gasteiger charge is 2.22. The van der Waals surface area contributed by atoms with E-state index in [1.807, 2.05) is 19.1 Å². The van der Waals surface area contributed by atoms with Crippen molar-refractivity contribution in [3.63, 3.8) is 0 Å². The van der Waals surface area contributed by atoms with Crippen LogP contribution in [-0.2, 0) is 15.3 Å². The molecule has 0 radical (unpaired) electrons. The highest BCUT2D eigenvalue weighted by atomic mass is 79.9. The van der Waals surface area contributed by atoms with Gasteiger partial charge in [0.25, 0.3) is 0 Å². The Morgan fingerprint density at radius 3 is 2.53 bits per heavy atom. The number of hydrogen-bond donors (Lipinski definition) is 1. The second-order valence-corrected chi connectivity index (χ2v) is 8.87. The van der Waals surface area contributed by atoms with Gasteiger partial charge in [0.15, 0.2) is 0 Å². The molecule has 3 nitrogen and oxygen atoms in total. The fraction of sp³-hybridized carbons (Fsp3) is 0.571. The molecule has 0 unspecified atom stereocenters. The van der Waals surface area contributed by atoms with Crippen LogP contribution in [0.15, 0.2) is 28.7 Å². The topological polar surface area (TPSA) is 46.2 Å². The summed E-state index contributed by atoms with van der Waals surface area (Å²) in [6, 6.07) is 8.16. The average Bonchev–Trinajstić information content (AvgIpc) is 2.24. The van der Waals surface area contributed by atoms with Gasteiger partial charge in [-0.05, 0) is 24.6 Å². The zero-order chi connectivity index (χ0) is 14.7. The summed E-state index contributed by atoms with van der Waals surface area (Å²) in [5, 5.41) is 3.30. The average molecular weight is 348 g/mol. The molecule has 1 atom stereocenters. The summed E-state index contributed by atoms with van der Waals surface area (Å²) >= 11 is 3.47. The maximum Gasteiger partial charge on any atom is 0.148 e. The first kappa shape index (κ1) is 16.7. The second kappa shape index (κ2) is 6.37. The lowest BCUT2D eigenvalue weighted by atomic mass is 9.84. The maximum atomic E-state index is 11.2. The van der Waals surface area contributed by atoms with Crippen LogP contribution >= 0.6 is 15.9 Å². The zero-order valence-corrected chi connectivity index (χ0v) is 14.3. The van der Waals surface area contributed by atoms with Crippen LogP contribution in [0, 0.1) is 0 Å². The summed E-state index contributed by atoms with van der Waals surface area (Å²) < 4.78 is 23.5. The third-order valence-corrected chi connectivity index (χ3v) is 4.65. The van der Waals surface area contributed by atoms with E-state index in [1.54, 1.807) is 0 Å². The van der Waals surface area contributed by atoms with Crippen LogP contribution < -0.4 is 5.32 Å². The van der Waals surface area contributed by atoms with E-state index < -0.39 is 9.84 Å². The van der Waals surface area contributed by atoms with Gasteiger partial charge in [-0.2, -0.15) is 0 Å². The molecule has 0 aliphatic heterocycles. The Bertz CT molecular complexity index is 526. The summed E-state index contributed by atoms with van der Waals surface area (Å²) in [6.45, 7) is 6.93. The fourth-order valence-corrected chi connectivity index (χ4v) is 3.38. The van der Waals surface area contributed by atoms with Crippen LogP contribution in [0.5, 0.6) is 0 Å². The monoisotopic (exact) mass is 347 g/mol. The number of hydrogen-bond acceptors (Lipinski definition) is 3. The van der Waals surface area contributed by atoms with Gasteiger partial charge < -0.3 is 5.32 Å². The molecule has 19 heavy (non-hydrogen) atoms. The summed E-state index contributed by atoms with van der Waals surface area (Å²) in [4.78, 5) is 0. The molecule has 108 valence electrons. The third kappa shape index (κ3) is 6.06. The number of rotatable bonds is 6. The van der Waals surface area contributed by atoms with Crippen LogP contribution in [0.4, 0.5) is 0 Å². The van der Waals surface area contributed by atoms with Gasteiger partial charge in [-0.15, -0.1) is 0 Å². The Labute approximate surface area is 124 Å². The number of benzene rings is 1. The van der Waals surface area contributed by atoms with Gasteiger partial charge in [-0.1, -0.05) is 41.9 Å². The Kier molecular flexibility index (Phi) is 5.59.